The average Bonchev–Trinajstić information content (AvgIpc) is 2.91. The Hall–Kier alpha value is -0.810. The van der Waals surface area contributed by atoms with Gasteiger partial charge in [-0.25, -0.2) is 9.36 Å². The lowest BCUT2D eigenvalue weighted by atomic mass is 9.61. The van der Waals surface area contributed by atoms with E-state index < -0.39 is 48.0 Å². The first-order valence-corrected chi connectivity index (χ1v) is 11.5. The summed E-state index contributed by atoms with van der Waals surface area (Å²) in [6, 6.07) is 1.15. The molecule has 1 aromatic heterocycles. The molecule has 10 nitrogen and oxygen atoms in total. The molecule has 14 heteroatoms. The van der Waals surface area contributed by atoms with Gasteiger partial charge in [-0.3, -0.25) is 23.4 Å². The molecule has 6 unspecified atom stereocenters. The smallest absolute Gasteiger partial charge is 0.386 e. The number of rotatable bonds is 8. The number of thiol groups is 1. The highest BCUT2D eigenvalue weighted by Crippen LogP contribution is 2.57. The van der Waals surface area contributed by atoms with Crippen LogP contribution in [0.3, 0.4) is 0 Å². The number of H-pyrrole nitrogens is 1. The van der Waals surface area contributed by atoms with Crippen molar-refractivity contribution in [1.82, 2.24) is 9.55 Å². The lowest BCUT2D eigenvalue weighted by Gasteiger charge is -2.32. The molecule has 0 bridgehead atoms. The van der Waals surface area contributed by atoms with Crippen LogP contribution in [0.1, 0.15) is 26.5 Å². The number of aromatic amines is 1. The molecule has 0 saturated carbocycles. The molecule has 0 amide bonds. The van der Waals surface area contributed by atoms with Crippen molar-refractivity contribution < 1.29 is 28.2 Å². The monoisotopic (exact) mass is 434 g/mol. The Morgan fingerprint density at radius 2 is 2.11 bits per heavy atom. The van der Waals surface area contributed by atoms with Crippen molar-refractivity contribution >= 4 is 34.7 Å². The zero-order chi connectivity index (χ0) is 21.3. The summed E-state index contributed by atoms with van der Waals surface area (Å²) in [5.74, 6) is 0. The van der Waals surface area contributed by atoms with E-state index in [4.69, 9.17) is 18.5 Å². The van der Waals surface area contributed by atoms with Gasteiger partial charge in [-0.15, -0.1) is 0 Å². The first kappa shape index (κ1) is 23.5. The molecule has 1 aliphatic heterocycles. The highest BCUT2D eigenvalue weighted by Gasteiger charge is 2.54. The van der Waals surface area contributed by atoms with E-state index in [0.29, 0.717) is 6.42 Å². The average molecular weight is 434 g/mol. The number of ether oxygens (including phenoxy) is 2. The third-order valence-electron chi connectivity index (χ3n) is 4.43. The minimum Gasteiger partial charge on any atom is -0.405 e. The first-order chi connectivity index (χ1) is 12.9. The van der Waals surface area contributed by atoms with E-state index in [1.165, 1.54) is 29.0 Å². The van der Waals surface area contributed by atoms with E-state index in [1.54, 1.807) is 6.92 Å². The van der Waals surface area contributed by atoms with E-state index in [9.17, 15) is 19.3 Å². The molecule has 1 aromatic rings. The van der Waals surface area contributed by atoms with Crippen LogP contribution in [0.2, 0.25) is 0 Å². The molecule has 6 atom stereocenters. The summed E-state index contributed by atoms with van der Waals surface area (Å²) in [5.41, 5.74) is -1.29. The highest BCUT2D eigenvalue weighted by molar-refractivity contribution is 8.44. The maximum Gasteiger partial charge on any atom is 0.386 e. The van der Waals surface area contributed by atoms with Crippen molar-refractivity contribution in [2.75, 3.05) is 7.11 Å². The van der Waals surface area contributed by atoms with Crippen LogP contribution < -0.4 is 11.2 Å². The van der Waals surface area contributed by atoms with Gasteiger partial charge in [0.05, 0.1) is 6.10 Å². The van der Waals surface area contributed by atoms with Gasteiger partial charge in [0.2, 0.25) is 0 Å². The van der Waals surface area contributed by atoms with Gasteiger partial charge in [0.25, 0.3) is 5.56 Å². The lowest BCUT2D eigenvalue weighted by molar-refractivity contribution is -0.0788. The minimum absolute atomic E-state index is 0.371. The predicted octanol–water partition coefficient (Wildman–Crippen LogP) is -1.40. The van der Waals surface area contributed by atoms with Crippen LogP contribution in [-0.2, 0) is 23.1 Å². The molecule has 0 aromatic carbocycles. The van der Waals surface area contributed by atoms with Crippen molar-refractivity contribution in [1.29, 1.82) is 0 Å². The van der Waals surface area contributed by atoms with Gasteiger partial charge >= 0.3 is 12.5 Å². The summed E-state index contributed by atoms with van der Waals surface area (Å²) in [5, 5.41) is 9.10. The topological polar surface area (TPSA) is 129 Å². The van der Waals surface area contributed by atoms with Crippen molar-refractivity contribution in [3.05, 3.63) is 33.1 Å². The second-order valence-corrected chi connectivity index (χ2v) is 10.0. The van der Waals surface area contributed by atoms with Gasteiger partial charge in [0.15, 0.2) is 6.23 Å². The summed E-state index contributed by atoms with van der Waals surface area (Å²) < 4.78 is 36.2. The number of nitrogens with zero attached hydrogens (tertiary/aromatic N) is 1. The van der Waals surface area contributed by atoms with Crippen LogP contribution in [0.4, 0.5) is 0 Å². The summed E-state index contributed by atoms with van der Waals surface area (Å²) in [6.07, 6.45) is -2.62. The number of hydrogen-bond donors (Lipinski definition) is 3. The molecule has 1 aliphatic rings. The van der Waals surface area contributed by atoms with E-state index in [-0.39, 0.29) is 6.10 Å². The Labute approximate surface area is 169 Å². The standard InChI is InChI=1S/C14H25B2N2O8PS/c1-4-7(2)25-27(22,28)26-9-10(23-3)12(24-11(9)14(15,16)21)18-6-5-8(19)17-13(18)20/h5-7,9-12,21H,4,15-16H2,1-3H3,(H,22,28)(H,17,19,20). The molecular formula is C14H25B2N2O8PS. The van der Waals surface area contributed by atoms with Crippen LogP contribution in [-0.4, -0.2) is 67.3 Å². The largest absolute Gasteiger partial charge is 0.405 e. The fourth-order valence-corrected chi connectivity index (χ4v) is 4.91. The molecular weight excluding hydrogens is 409 g/mol. The summed E-state index contributed by atoms with van der Waals surface area (Å²) in [4.78, 5) is 25.7. The number of aliphatic hydroxyl groups is 1. The molecule has 1 saturated heterocycles. The minimum atomic E-state index is -3.83. The second kappa shape index (κ2) is 8.91. The van der Waals surface area contributed by atoms with Crippen molar-refractivity contribution in [3.63, 3.8) is 0 Å². The van der Waals surface area contributed by atoms with Crippen LogP contribution in [0, 0.1) is 0 Å². The molecule has 2 heterocycles. The Kier molecular flexibility index (Phi) is 7.47. The van der Waals surface area contributed by atoms with Gasteiger partial charge in [-0.1, -0.05) is 19.2 Å². The second-order valence-electron chi connectivity index (χ2n) is 7.18. The van der Waals surface area contributed by atoms with E-state index in [0.717, 1.165) is 10.6 Å². The predicted molar refractivity (Wildman–Crippen MR) is 110 cm³/mol. The van der Waals surface area contributed by atoms with Crippen LogP contribution in [0.25, 0.3) is 0 Å². The van der Waals surface area contributed by atoms with Crippen molar-refractivity contribution in [2.24, 2.45) is 0 Å². The number of aromatic nitrogens is 2. The van der Waals surface area contributed by atoms with Crippen LogP contribution in [0.5, 0.6) is 0 Å². The van der Waals surface area contributed by atoms with Gasteiger partial charge in [-0.2, -0.15) is 0 Å². The van der Waals surface area contributed by atoms with E-state index in [1.807, 2.05) is 6.92 Å². The lowest BCUT2D eigenvalue weighted by Crippen LogP contribution is -2.51. The number of nitrogens with one attached hydrogen (secondary N) is 1. The zero-order valence-electron chi connectivity index (χ0n) is 16.4. The molecule has 156 valence electrons. The van der Waals surface area contributed by atoms with Crippen LogP contribution >= 0.6 is 19.0 Å². The molecule has 28 heavy (non-hydrogen) atoms. The van der Waals surface area contributed by atoms with Crippen molar-refractivity contribution in [2.45, 2.75) is 56.3 Å². The summed E-state index contributed by atoms with van der Waals surface area (Å²) >= 11 is 4.02. The maximum absolute atomic E-state index is 12.7. The SMILES string of the molecule is BC(B)(O)C1OC(n2ccc(=O)[nH]c2=O)C(OC)C1OP(=O)(S)OC(C)CC. The van der Waals surface area contributed by atoms with Gasteiger partial charge < -0.3 is 14.6 Å². The van der Waals surface area contributed by atoms with Crippen LogP contribution in [0.15, 0.2) is 21.9 Å². The maximum atomic E-state index is 12.7. The third kappa shape index (κ3) is 5.41. The Bertz CT molecular complexity index is 844. The fourth-order valence-electron chi connectivity index (χ4n) is 2.91. The van der Waals surface area contributed by atoms with E-state index in [2.05, 4.69) is 17.2 Å². The molecule has 2 rings (SSSR count). The molecule has 1 fully saturated rings. The quantitative estimate of drug-likeness (QED) is 0.259. The molecule has 2 N–H and O–H groups in total. The van der Waals surface area contributed by atoms with Crippen molar-refractivity contribution in [3.8, 4) is 0 Å². The number of methoxy groups -OCH3 is 1. The fraction of sp³-hybridized carbons (Fsp3) is 0.714. The molecule has 0 aliphatic carbocycles. The normalized spacial score (nSPS) is 28.8. The van der Waals surface area contributed by atoms with E-state index >= 15 is 0 Å². The Balaban J connectivity index is 2.42. The summed E-state index contributed by atoms with van der Waals surface area (Å²) in [6.45, 7) is -0.253. The number of hydrogen-bond acceptors (Lipinski definition) is 8. The molecule has 0 radical (unpaired) electrons. The highest BCUT2D eigenvalue weighted by atomic mass is 32.7. The third-order valence-corrected chi connectivity index (χ3v) is 6.13. The summed E-state index contributed by atoms with van der Waals surface area (Å²) in [7, 11) is 4.33. The van der Waals surface area contributed by atoms with Gasteiger partial charge in [0, 0.05) is 24.8 Å². The zero-order valence-corrected chi connectivity index (χ0v) is 18.2. The Morgan fingerprint density at radius 1 is 1.46 bits per heavy atom. The Morgan fingerprint density at radius 3 is 2.61 bits per heavy atom. The first-order valence-electron chi connectivity index (χ1n) is 8.81. The van der Waals surface area contributed by atoms with Gasteiger partial charge in [0.1, 0.15) is 34.0 Å². The van der Waals surface area contributed by atoms with Gasteiger partial charge in [-0.05, 0) is 13.3 Å². The molecule has 0 spiro atoms.